The molecule has 0 N–H and O–H groups in total. The molecule has 0 heteroatoms. The first-order valence-electron chi connectivity index (χ1n) is 10.1. The van der Waals surface area contributed by atoms with Gasteiger partial charge < -0.3 is 0 Å². The molecule has 0 bridgehead atoms. The zero-order chi connectivity index (χ0) is 17.8. The minimum atomic E-state index is 0.382. The molecule has 0 radical (unpaired) electrons. The summed E-state index contributed by atoms with van der Waals surface area (Å²) in [5.41, 5.74) is 5.97. The van der Waals surface area contributed by atoms with Gasteiger partial charge in [-0.1, -0.05) is 86.0 Å². The highest BCUT2D eigenvalue weighted by atomic mass is 14.4. The van der Waals surface area contributed by atoms with Crippen molar-refractivity contribution in [2.24, 2.45) is 22.7 Å². The second kappa shape index (κ2) is 8.04. The zero-order valence-electron chi connectivity index (χ0n) is 17.5. The van der Waals surface area contributed by atoms with E-state index in [2.05, 4.69) is 54.5 Å². The van der Waals surface area contributed by atoms with Crippen molar-refractivity contribution in [3.63, 3.8) is 0 Å². The Balaban J connectivity index is 0.00000127. The molecule has 0 spiro atoms. The third-order valence-corrected chi connectivity index (χ3v) is 6.34. The van der Waals surface area contributed by atoms with Crippen LogP contribution < -0.4 is 0 Å². The molecule has 0 aliphatic heterocycles. The Morgan fingerprint density at radius 3 is 2.22 bits per heavy atom. The van der Waals surface area contributed by atoms with E-state index < -0.39 is 0 Å². The van der Waals surface area contributed by atoms with Gasteiger partial charge in [-0.25, -0.2) is 0 Å². The zero-order valence-corrected chi connectivity index (χ0v) is 17.5. The first kappa shape index (κ1) is 20.5. The van der Waals surface area contributed by atoms with Gasteiger partial charge in [0.25, 0.3) is 0 Å². The first-order valence-corrected chi connectivity index (χ1v) is 10.1. The summed E-state index contributed by atoms with van der Waals surface area (Å²) < 4.78 is 0. The van der Waals surface area contributed by atoms with E-state index in [-0.39, 0.29) is 0 Å². The monoisotopic (exact) mass is 318 g/mol. The van der Waals surface area contributed by atoms with Crippen molar-refractivity contribution in [3.05, 3.63) is 22.8 Å². The first-order chi connectivity index (χ1) is 10.7. The molecule has 2 aliphatic rings. The molecule has 0 saturated heterocycles. The minimum Gasteiger partial charge on any atom is -0.0683 e. The molecule has 2 aliphatic carbocycles. The molecule has 0 saturated carbocycles. The second-order valence-corrected chi connectivity index (χ2v) is 9.04. The van der Waals surface area contributed by atoms with E-state index in [4.69, 9.17) is 0 Å². The van der Waals surface area contributed by atoms with E-state index in [0.29, 0.717) is 10.8 Å². The van der Waals surface area contributed by atoms with Crippen LogP contribution in [0.2, 0.25) is 0 Å². The normalized spacial score (nSPS) is 26.7. The van der Waals surface area contributed by atoms with Crippen LogP contribution >= 0.6 is 0 Å². The summed E-state index contributed by atoms with van der Waals surface area (Å²) in [6.07, 6.45) is 10.6. The predicted molar refractivity (Wildman–Crippen MR) is 106 cm³/mol. The molecule has 0 fully saturated rings. The van der Waals surface area contributed by atoms with Gasteiger partial charge in [0.05, 0.1) is 0 Å². The standard InChI is InChI=1S/C21H36.C2H6/c1-8-15(2)9-10-17-14-19-18(13-16(17)3)20(4,5)11-12-21(19,6)7;1-2/h14-16H,8-13H2,1-7H3;1-2H3/t15?,16-;/m0./s1. The smallest absolute Gasteiger partial charge is 0.0103 e. The predicted octanol–water partition coefficient (Wildman–Crippen LogP) is 7.95. The lowest BCUT2D eigenvalue weighted by Gasteiger charge is -2.46. The van der Waals surface area contributed by atoms with E-state index in [1.807, 2.05) is 13.8 Å². The Hall–Kier alpha value is -0.520. The summed E-state index contributed by atoms with van der Waals surface area (Å²) in [4.78, 5) is 0. The van der Waals surface area contributed by atoms with Crippen LogP contribution in [0.1, 0.15) is 101 Å². The number of hydrogen-bond donors (Lipinski definition) is 0. The molecule has 23 heavy (non-hydrogen) atoms. The van der Waals surface area contributed by atoms with Crippen LogP contribution in [0.4, 0.5) is 0 Å². The third kappa shape index (κ3) is 4.74. The quantitative estimate of drug-likeness (QED) is 0.493. The van der Waals surface area contributed by atoms with Crippen molar-refractivity contribution in [3.8, 4) is 0 Å². The third-order valence-electron chi connectivity index (χ3n) is 6.34. The Morgan fingerprint density at radius 1 is 1.09 bits per heavy atom. The van der Waals surface area contributed by atoms with Crippen molar-refractivity contribution < 1.29 is 0 Å². The van der Waals surface area contributed by atoms with Crippen molar-refractivity contribution in [2.45, 2.75) is 101 Å². The van der Waals surface area contributed by atoms with Gasteiger partial charge >= 0.3 is 0 Å². The van der Waals surface area contributed by atoms with Gasteiger partial charge in [0.2, 0.25) is 0 Å². The summed E-state index contributed by atoms with van der Waals surface area (Å²) in [6.45, 7) is 21.0. The molecule has 1 unspecified atom stereocenters. The highest BCUT2D eigenvalue weighted by Crippen LogP contribution is 2.54. The Kier molecular flexibility index (Phi) is 7.17. The molecule has 134 valence electrons. The van der Waals surface area contributed by atoms with Gasteiger partial charge in [-0.2, -0.15) is 0 Å². The molecular formula is C23H42. The van der Waals surface area contributed by atoms with Gasteiger partial charge in [-0.3, -0.25) is 0 Å². The van der Waals surface area contributed by atoms with E-state index in [1.165, 1.54) is 38.5 Å². The maximum absolute atomic E-state index is 2.62. The van der Waals surface area contributed by atoms with Crippen molar-refractivity contribution >= 4 is 0 Å². The summed E-state index contributed by atoms with van der Waals surface area (Å²) in [5.74, 6) is 1.62. The average Bonchev–Trinajstić information content (AvgIpc) is 2.52. The molecule has 0 aromatic heterocycles. The molecule has 0 aromatic carbocycles. The van der Waals surface area contributed by atoms with Crippen LogP contribution in [-0.2, 0) is 0 Å². The summed E-state index contributed by atoms with van der Waals surface area (Å²) in [5, 5.41) is 0. The Bertz CT molecular complexity index is 445. The number of allylic oxidation sites excluding steroid dienone is 4. The molecule has 0 heterocycles. The van der Waals surface area contributed by atoms with Gasteiger partial charge in [0, 0.05) is 0 Å². The van der Waals surface area contributed by atoms with Crippen molar-refractivity contribution in [1.29, 1.82) is 0 Å². The van der Waals surface area contributed by atoms with Gasteiger partial charge in [-0.15, -0.1) is 0 Å². The highest BCUT2D eigenvalue weighted by Gasteiger charge is 2.40. The fourth-order valence-electron chi connectivity index (χ4n) is 4.05. The van der Waals surface area contributed by atoms with Crippen LogP contribution in [0.5, 0.6) is 0 Å². The fraction of sp³-hybridized carbons (Fsp3) is 0.826. The topological polar surface area (TPSA) is 0 Å². The SMILES string of the molecule is CC.CCC(C)CCC1=CC2=C(C[C@@H]1C)C(C)(C)CCC2(C)C. The maximum Gasteiger partial charge on any atom is -0.0103 e. The molecule has 0 nitrogen and oxygen atoms in total. The largest absolute Gasteiger partial charge is 0.0683 e. The van der Waals surface area contributed by atoms with Crippen molar-refractivity contribution in [1.82, 2.24) is 0 Å². The van der Waals surface area contributed by atoms with Gasteiger partial charge in [0.15, 0.2) is 0 Å². The molecule has 0 aromatic rings. The lowest BCUT2D eigenvalue weighted by atomic mass is 9.59. The van der Waals surface area contributed by atoms with Crippen LogP contribution in [0.3, 0.4) is 0 Å². The molecular weight excluding hydrogens is 276 g/mol. The lowest BCUT2D eigenvalue weighted by Crippen LogP contribution is -2.33. The van der Waals surface area contributed by atoms with E-state index >= 15 is 0 Å². The number of hydrogen-bond acceptors (Lipinski definition) is 0. The highest BCUT2D eigenvalue weighted by molar-refractivity contribution is 5.43. The second-order valence-electron chi connectivity index (χ2n) is 9.04. The average molecular weight is 319 g/mol. The van der Waals surface area contributed by atoms with Crippen molar-refractivity contribution in [2.75, 3.05) is 0 Å². The fourth-order valence-corrected chi connectivity index (χ4v) is 4.05. The van der Waals surface area contributed by atoms with Gasteiger partial charge in [-0.05, 0) is 60.3 Å². The van der Waals surface area contributed by atoms with E-state index in [9.17, 15) is 0 Å². The lowest BCUT2D eigenvalue weighted by molar-refractivity contribution is 0.250. The summed E-state index contributed by atoms with van der Waals surface area (Å²) in [7, 11) is 0. The van der Waals surface area contributed by atoms with Crippen LogP contribution in [0, 0.1) is 22.7 Å². The molecule has 2 rings (SSSR count). The van der Waals surface area contributed by atoms with Crippen LogP contribution in [-0.4, -0.2) is 0 Å². The minimum absolute atomic E-state index is 0.382. The van der Waals surface area contributed by atoms with Crippen LogP contribution in [0.25, 0.3) is 0 Å². The van der Waals surface area contributed by atoms with E-state index in [1.54, 1.807) is 16.7 Å². The van der Waals surface area contributed by atoms with Crippen LogP contribution in [0.15, 0.2) is 22.8 Å². The summed E-state index contributed by atoms with van der Waals surface area (Å²) >= 11 is 0. The maximum atomic E-state index is 2.62. The van der Waals surface area contributed by atoms with E-state index in [0.717, 1.165) is 11.8 Å². The molecule has 0 amide bonds. The number of rotatable bonds is 4. The summed E-state index contributed by atoms with van der Waals surface area (Å²) in [6, 6.07) is 0. The Labute approximate surface area is 146 Å². The molecule has 2 atom stereocenters. The van der Waals surface area contributed by atoms with Gasteiger partial charge in [0.1, 0.15) is 0 Å². The Morgan fingerprint density at radius 2 is 1.65 bits per heavy atom.